The molecule has 1 aliphatic heterocycles. The number of unbranched alkanes of at least 4 members (excludes halogenated alkanes) is 4. The van der Waals surface area contributed by atoms with E-state index < -0.39 is 36.7 Å². The van der Waals surface area contributed by atoms with Crippen LogP contribution in [0.2, 0.25) is 0 Å². The minimum atomic E-state index is -1.86. The molecule has 10 nitrogen and oxygen atoms in total. The highest BCUT2D eigenvalue weighted by atomic mass is 16.7. The van der Waals surface area contributed by atoms with Crippen molar-refractivity contribution in [1.29, 1.82) is 0 Å². The van der Waals surface area contributed by atoms with Crippen LogP contribution in [0.1, 0.15) is 88.6 Å². The molecule has 0 radical (unpaired) electrons. The quantitative estimate of drug-likeness (QED) is 0.148. The lowest BCUT2D eigenvalue weighted by Gasteiger charge is -2.38. The molecule has 2 rings (SSSR count). The molecule has 0 saturated carbocycles. The third-order valence-corrected chi connectivity index (χ3v) is 6.44. The van der Waals surface area contributed by atoms with Crippen LogP contribution < -0.4 is 4.74 Å². The first kappa shape index (κ1) is 31.7. The van der Waals surface area contributed by atoms with Crippen molar-refractivity contribution in [2.75, 3.05) is 0 Å². The maximum atomic E-state index is 13.2. The van der Waals surface area contributed by atoms with Crippen molar-refractivity contribution in [2.24, 2.45) is 11.8 Å². The van der Waals surface area contributed by atoms with E-state index in [0.717, 1.165) is 25.7 Å². The SMILES string of the molecule is CC(C)CCCCCCCC(=O)c1cc(COC(=O)C(C)C)ccc1O[C@H]1O[C@H](C(=O)O)[C@@H](O)[C@H](O)[C@H]1O. The number of aliphatic carboxylic acids is 1. The molecule has 0 bridgehead atoms. The Morgan fingerprint density at radius 3 is 2.21 bits per heavy atom. The summed E-state index contributed by atoms with van der Waals surface area (Å²) in [5.41, 5.74) is 0.707. The number of carbonyl (C=O) groups excluding carboxylic acids is 2. The Morgan fingerprint density at radius 1 is 0.921 bits per heavy atom. The second-order valence-corrected chi connectivity index (χ2v) is 10.6. The summed E-state index contributed by atoms with van der Waals surface area (Å²) in [6.45, 7) is 7.75. The summed E-state index contributed by atoms with van der Waals surface area (Å²) in [6, 6.07) is 4.55. The van der Waals surface area contributed by atoms with E-state index in [1.807, 2.05) is 0 Å². The molecule has 4 N–H and O–H groups in total. The fourth-order valence-corrected chi connectivity index (χ4v) is 4.09. The molecule has 0 aliphatic carbocycles. The number of esters is 1. The van der Waals surface area contributed by atoms with Crippen LogP contribution in [0.3, 0.4) is 0 Å². The van der Waals surface area contributed by atoms with E-state index in [2.05, 4.69) is 13.8 Å². The van der Waals surface area contributed by atoms with Crippen molar-refractivity contribution in [1.82, 2.24) is 0 Å². The number of ether oxygens (including phenoxy) is 3. The van der Waals surface area contributed by atoms with Gasteiger partial charge in [-0.15, -0.1) is 0 Å². The van der Waals surface area contributed by atoms with E-state index in [9.17, 15) is 34.8 Å². The van der Waals surface area contributed by atoms with Gasteiger partial charge in [-0.3, -0.25) is 9.59 Å². The number of benzene rings is 1. The molecular formula is C28H42O10. The minimum Gasteiger partial charge on any atom is -0.479 e. The van der Waals surface area contributed by atoms with Crippen molar-refractivity contribution in [3.63, 3.8) is 0 Å². The van der Waals surface area contributed by atoms with E-state index in [4.69, 9.17) is 14.2 Å². The Bertz CT molecular complexity index is 928. The van der Waals surface area contributed by atoms with E-state index >= 15 is 0 Å². The van der Waals surface area contributed by atoms with Crippen LogP contribution in [0.15, 0.2) is 18.2 Å². The molecular weight excluding hydrogens is 496 g/mol. The van der Waals surface area contributed by atoms with Crippen LogP contribution in [0, 0.1) is 11.8 Å². The number of aliphatic hydroxyl groups is 3. The second kappa shape index (κ2) is 15.2. The van der Waals surface area contributed by atoms with Gasteiger partial charge in [0, 0.05) is 6.42 Å². The predicted molar refractivity (Wildman–Crippen MR) is 138 cm³/mol. The van der Waals surface area contributed by atoms with Gasteiger partial charge in [0.25, 0.3) is 0 Å². The fraction of sp³-hybridized carbons (Fsp3) is 0.679. The summed E-state index contributed by atoms with van der Waals surface area (Å²) in [7, 11) is 0. The number of carboxylic acid groups (broad SMARTS) is 1. The van der Waals surface area contributed by atoms with Gasteiger partial charge >= 0.3 is 11.9 Å². The standard InChI is InChI=1S/C28H42O10/c1-16(2)10-8-6-5-7-9-11-20(29)19-14-18(15-36-27(35)17(3)4)12-13-21(19)37-28-24(32)22(30)23(31)25(38-28)26(33)34/h12-14,16-17,22-25,28,30-32H,5-11,15H2,1-4H3,(H,33,34)/t22-,23-,24+,25-,28-/m0/s1. The largest absolute Gasteiger partial charge is 0.479 e. The topological polar surface area (TPSA) is 160 Å². The Morgan fingerprint density at radius 2 is 1.58 bits per heavy atom. The Hall–Kier alpha value is -2.53. The normalized spacial score (nSPS) is 23.4. The summed E-state index contributed by atoms with van der Waals surface area (Å²) >= 11 is 0. The number of carbonyl (C=O) groups is 3. The van der Waals surface area contributed by atoms with Crippen LogP contribution in [0.5, 0.6) is 5.75 Å². The van der Waals surface area contributed by atoms with Gasteiger partial charge in [0.15, 0.2) is 11.9 Å². The van der Waals surface area contributed by atoms with E-state index in [0.29, 0.717) is 17.9 Å². The molecule has 10 heteroatoms. The molecule has 1 saturated heterocycles. The molecule has 214 valence electrons. The predicted octanol–water partition coefficient (Wildman–Crippen LogP) is 3.23. The van der Waals surface area contributed by atoms with E-state index in [1.165, 1.54) is 18.6 Å². The molecule has 1 aliphatic rings. The number of rotatable bonds is 15. The first-order valence-corrected chi connectivity index (χ1v) is 13.3. The smallest absolute Gasteiger partial charge is 0.335 e. The maximum Gasteiger partial charge on any atom is 0.335 e. The number of Topliss-reactive ketones (excluding diaryl/α,β-unsaturated/α-hetero) is 1. The lowest BCUT2D eigenvalue weighted by atomic mass is 9.98. The minimum absolute atomic E-state index is 0.0163. The number of aliphatic hydroxyl groups excluding tert-OH is 3. The average molecular weight is 539 g/mol. The lowest BCUT2D eigenvalue weighted by molar-refractivity contribution is -0.271. The summed E-state index contributed by atoms with van der Waals surface area (Å²) < 4.78 is 16.2. The third-order valence-electron chi connectivity index (χ3n) is 6.44. The molecule has 1 heterocycles. The van der Waals surface area contributed by atoms with E-state index in [-0.39, 0.29) is 42.0 Å². The van der Waals surface area contributed by atoms with E-state index in [1.54, 1.807) is 19.9 Å². The zero-order chi connectivity index (χ0) is 28.4. The number of ketones is 1. The third kappa shape index (κ3) is 9.34. The molecule has 1 fully saturated rings. The van der Waals surface area contributed by atoms with Crippen LogP contribution in [0.4, 0.5) is 0 Å². The van der Waals surface area contributed by atoms with Gasteiger partial charge < -0.3 is 34.6 Å². The van der Waals surface area contributed by atoms with Gasteiger partial charge in [0.1, 0.15) is 30.7 Å². The summed E-state index contributed by atoms with van der Waals surface area (Å²) in [6.07, 6.45) is -2.68. The highest BCUT2D eigenvalue weighted by Gasteiger charge is 2.48. The van der Waals surface area contributed by atoms with Gasteiger partial charge in [-0.25, -0.2) is 4.79 Å². The Kier molecular flexibility index (Phi) is 12.6. The Labute approximate surface area is 223 Å². The van der Waals surface area contributed by atoms with Gasteiger partial charge in [-0.1, -0.05) is 65.9 Å². The van der Waals surface area contributed by atoms with Crippen LogP contribution in [-0.4, -0.2) is 68.9 Å². The average Bonchev–Trinajstić information content (AvgIpc) is 2.86. The molecule has 1 aromatic rings. The van der Waals surface area contributed by atoms with Crippen LogP contribution >= 0.6 is 0 Å². The van der Waals surface area contributed by atoms with Crippen LogP contribution in [-0.2, 0) is 25.7 Å². The molecule has 0 aromatic heterocycles. The molecule has 0 spiro atoms. The van der Waals surface area contributed by atoms with Gasteiger partial charge in [-0.2, -0.15) is 0 Å². The molecule has 1 aromatic carbocycles. The molecule has 38 heavy (non-hydrogen) atoms. The van der Waals surface area contributed by atoms with Gasteiger partial charge in [-0.05, 0) is 30.0 Å². The summed E-state index contributed by atoms with van der Waals surface area (Å²) in [4.78, 5) is 36.5. The van der Waals surface area contributed by atoms with Gasteiger partial charge in [0.05, 0.1) is 11.5 Å². The zero-order valence-corrected chi connectivity index (χ0v) is 22.7. The summed E-state index contributed by atoms with van der Waals surface area (Å²) in [5, 5.41) is 39.6. The molecule has 0 amide bonds. The van der Waals surface area contributed by atoms with Crippen molar-refractivity contribution in [3.05, 3.63) is 29.3 Å². The van der Waals surface area contributed by atoms with Crippen molar-refractivity contribution in [2.45, 2.75) is 110 Å². The summed E-state index contributed by atoms with van der Waals surface area (Å²) in [5.74, 6) is -1.79. The zero-order valence-electron chi connectivity index (χ0n) is 22.7. The monoisotopic (exact) mass is 538 g/mol. The molecule has 0 unspecified atom stereocenters. The van der Waals surface area contributed by atoms with Gasteiger partial charge in [0.2, 0.25) is 6.29 Å². The Balaban J connectivity index is 2.15. The highest BCUT2D eigenvalue weighted by molar-refractivity contribution is 5.98. The second-order valence-electron chi connectivity index (χ2n) is 10.6. The number of hydrogen-bond acceptors (Lipinski definition) is 9. The molecule has 5 atom stereocenters. The van der Waals surface area contributed by atoms with Crippen molar-refractivity contribution >= 4 is 17.7 Å². The van der Waals surface area contributed by atoms with Crippen LogP contribution in [0.25, 0.3) is 0 Å². The number of hydrogen-bond donors (Lipinski definition) is 4. The first-order chi connectivity index (χ1) is 17.9. The lowest BCUT2D eigenvalue weighted by Crippen LogP contribution is -2.61. The van der Waals surface area contributed by atoms with Crippen molar-refractivity contribution < 1.29 is 49.0 Å². The maximum absolute atomic E-state index is 13.2. The first-order valence-electron chi connectivity index (χ1n) is 13.3. The number of carboxylic acids is 1. The highest BCUT2D eigenvalue weighted by Crippen LogP contribution is 2.29. The fourth-order valence-electron chi connectivity index (χ4n) is 4.09. The van der Waals surface area contributed by atoms with Crippen molar-refractivity contribution in [3.8, 4) is 5.75 Å².